The number of benzene rings is 2. The summed E-state index contributed by atoms with van der Waals surface area (Å²) in [6, 6.07) is 12.9. The molecule has 2 rings (SSSR count). The minimum Gasteiger partial charge on any atom is -0.332 e. The third kappa shape index (κ3) is 4.78. The van der Waals surface area contributed by atoms with Crippen LogP contribution >= 0.6 is 38.5 Å². The van der Waals surface area contributed by atoms with Gasteiger partial charge in [-0.05, 0) is 65.4 Å². The molecule has 0 radical (unpaired) electrons. The van der Waals surface area contributed by atoms with Crippen molar-refractivity contribution in [1.29, 1.82) is 0 Å². The Labute approximate surface area is 157 Å². The van der Waals surface area contributed by atoms with E-state index in [-0.39, 0.29) is 18.4 Å². The van der Waals surface area contributed by atoms with Crippen LogP contribution in [0.2, 0.25) is 0 Å². The van der Waals surface area contributed by atoms with Gasteiger partial charge in [-0.3, -0.25) is 9.59 Å². The van der Waals surface area contributed by atoms with Gasteiger partial charge in [-0.1, -0.05) is 28.1 Å². The Balaban J connectivity index is 2.02. The van der Waals surface area contributed by atoms with Gasteiger partial charge in [-0.2, -0.15) is 0 Å². The smallest absolute Gasteiger partial charge is 0.255 e. The van der Waals surface area contributed by atoms with E-state index >= 15 is 0 Å². The summed E-state index contributed by atoms with van der Waals surface area (Å²) < 4.78 is 1.82. The molecule has 0 saturated heterocycles. The van der Waals surface area contributed by atoms with Crippen LogP contribution in [0, 0.1) is 10.5 Å². The molecule has 6 heteroatoms. The fraction of sp³-hybridized carbons (Fsp3) is 0.176. The largest absolute Gasteiger partial charge is 0.332 e. The zero-order valence-corrected chi connectivity index (χ0v) is 16.5. The van der Waals surface area contributed by atoms with E-state index in [2.05, 4.69) is 43.8 Å². The molecule has 2 aromatic carbocycles. The minimum atomic E-state index is -0.225. The highest BCUT2D eigenvalue weighted by molar-refractivity contribution is 14.1. The fourth-order valence-electron chi connectivity index (χ4n) is 2.08. The van der Waals surface area contributed by atoms with E-state index in [0.717, 1.165) is 19.3 Å². The zero-order valence-electron chi connectivity index (χ0n) is 12.8. The standard InChI is InChI=1S/C17H16BrIN2O2/c1-11-9-12(18)7-8-15(11)20-16(22)10-21(2)17(23)13-5-3-4-6-14(13)19/h3-9H,10H2,1-2H3,(H,20,22). The number of hydrogen-bond donors (Lipinski definition) is 1. The maximum Gasteiger partial charge on any atom is 0.255 e. The summed E-state index contributed by atoms with van der Waals surface area (Å²) in [5.74, 6) is -0.394. The SMILES string of the molecule is Cc1cc(Br)ccc1NC(=O)CN(C)C(=O)c1ccccc1I. The van der Waals surface area contributed by atoms with Crippen molar-refractivity contribution >= 4 is 56.0 Å². The highest BCUT2D eigenvalue weighted by Gasteiger charge is 2.17. The fourth-order valence-corrected chi connectivity index (χ4v) is 3.18. The lowest BCUT2D eigenvalue weighted by atomic mass is 10.2. The molecule has 2 amide bonds. The molecular weight excluding hydrogens is 471 g/mol. The zero-order chi connectivity index (χ0) is 17.0. The molecule has 0 saturated carbocycles. The van der Waals surface area contributed by atoms with E-state index in [4.69, 9.17) is 0 Å². The molecule has 0 unspecified atom stereocenters. The second-order valence-corrected chi connectivity index (χ2v) is 7.23. The van der Waals surface area contributed by atoms with E-state index in [1.165, 1.54) is 4.90 Å². The molecule has 0 atom stereocenters. The number of rotatable bonds is 4. The van der Waals surface area contributed by atoms with Crippen molar-refractivity contribution in [3.8, 4) is 0 Å². The molecule has 0 aliphatic heterocycles. The van der Waals surface area contributed by atoms with Crippen LogP contribution in [0.3, 0.4) is 0 Å². The van der Waals surface area contributed by atoms with Gasteiger partial charge < -0.3 is 10.2 Å². The Kier molecular flexibility index (Phi) is 6.17. The van der Waals surface area contributed by atoms with Gasteiger partial charge in [0.15, 0.2) is 0 Å². The predicted octanol–water partition coefficient (Wildman–Crippen LogP) is 4.07. The van der Waals surface area contributed by atoms with Crippen molar-refractivity contribution in [1.82, 2.24) is 4.90 Å². The molecule has 0 aromatic heterocycles. The van der Waals surface area contributed by atoms with Crippen molar-refractivity contribution in [2.75, 3.05) is 18.9 Å². The molecule has 0 bridgehead atoms. The monoisotopic (exact) mass is 486 g/mol. The van der Waals surface area contributed by atoms with Gasteiger partial charge in [0, 0.05) is 20.8 Å². The number of halogens is 2. The van der Waals surface area contributed by atoms with Crippen molar-refractivity contribution in [3.63, 3.8) is 0 Å². The normalized spacial score (nSPS) is 10.3. The van der Waals surface area contributed by atoms with Gasteiger partial charge in [-0.25, -0.2) is 0 Å². The highest BCUT2D eigenvalue weighted by Crippen LogP contribution is 2.20. The van der Waals surface area contributed by atoms with Crippen molar-refractivity contribution in [3.05, 3.63) is 61.6 Å². The molecule has 0 aliphatic carbocycles. The van der Waals surface area contributed by atoms with Crippen LogP contribution in [0.4, 0.5) is 5.69 Å². The van der Waals surface area contributed by atoms with E-state index in [0.29, 0.717) is 5.56 Å². The summed E-state index contributed by atoms with van der Waals surface area (Å²) in [5.41, 5.74) is 2.30. The number of aryl methyl sites for hydroxylation is 1. The molecule has 0 heterocycles. The number of hydrogen-bond acceptors (Lipinski definition) is 2. The Morgan fingerprint density at radius 2 is 1.91 bits per heavy atom. The summed E-state index contributed by atoms with van der Waals surface area (Å²) in [6.07, 6.45) is 0. The van der Waals surface area contributed by atoms with E-state index in [9.17, 15) is 9.59 Å². The second kappa shape index (κ2) is 7.92. The lowest BCUT2D eigenvalue weighted by Crippen LogP contribution is -2.35. The molecule has 1 N–H and O–H groups in total. The summed E-state index contributed by atoms with van der Waals surface area (Å²) >= 11 is 5.50. The average Bonchev–Trinajstić information content (AvgIpc) is 2.50. The van der Waals surface area contributed by atoms with Gasteiger partial charge in [0.25, 0.3) is 5.91 Å². The van der Waals surface area contributed by atoms with E-state index in [1.54, 1.807) is 13.1 Å². The summed E-state index contributed by atoms with van der Waals surface area (Å²) in [5, 5.41) is 2.83. The molecule has 2 aromatic rings. The summed E-state index contributed by atoms with van der Waals surface area (Å²) in [6.45, 7) is 1.92. The van der Waals surface area contributed by atoms with Crippen molar-refractivity contribution in [2.24, 2.45) is 0 Å². The molecule has 4 nitrogen and oxygen atoms in total. The van der Waals surface area contributed by atoms with E-state index < -0.39 is 0 Å². The molecule has 120 valence electrons. The number of amides is 2. The number of nitrogens with zero attached hydrogens (tertiary/aromatic N) is 1. The van der Waals surface area contributed by atoms with Gasteiger partial charge in [0.2, 0.25) is 5.91 Å². The van der Waals surface area contributed by atoms with Crippen LogP contribution in [0.5, 0.6) is 0 Å². The molecule has 0 aliphatic rings. The van der Waals surface area contributed by atoms with Gasteiger partial charge in [0.1, 0.15) is 0 Å². The Bertz CT molecular complexity index is 749. The van der Waals surface area contributed by atoms with Gasteiger partial charge in [-0.15, -0.1) is 0 Å². The predicted molar refractivity (Wildman–Crippen MR) is 104 cm³/mol. The van der Waals surface area contributed by atoms with Gasteiger partial charge >= 0.3 is 0 Å². The van der Waals surface area contributed by atoms with Crippen LogP contribution in [0.1, 0.15) is 15.9 Å². The number of anilines is 1. The topological polar surface area (TPSA) is 49.4 Å². The number of likely N-dealkylation sites (N-methyl/N-ethyl adjacent to an activating group) is 1. The lowest BCUT2D eigenvalue weighted by Gasteiger charge is -2.18. The third-order valence-corrected chi connectivity index (χ3v) is 4.73. The van der Waals surface area contributed by atoms with Crippen LogP contribution < -0.4 is 5.32 Å². The van der Waals surface area contributed by atoms with E-state index in [1.807, 2.05) is 43.3 Å². The number of nitrogens with one attached hydrogen (secondary N) is 1. The molecule has 0 spiro atoms. The third-order valence-electron chi connectivity index (χ3n) is 3.29. The Hall–Kier alpha value is -1.41. The first-order chi connectivity index (χ1) is 10.9. The first kappa shape index (κ1) is 17.9. The van der Waals surface area contributed by atoms with Crippen LogP contribution in [0.15, 0.2) is 46.9 Å². The molecule has 0 fully saturated rings. The number of carbonyl (C=O) groups is 2. The Morgan fingerprint density at radius 1 is 1.22 bits per heavy atom. The first-order valence-electron chi connectivity index (χ1n) is 6.94. The second-order valence-electron chi connectivity index (χ2n) is 5.15. The quantitative estimate of drug-likeness (QED) is 0.662. The Morgan fingerprint density at radius 3 is 2.57 bits per heavy atom. The van der Waals surface area contributed by atoms with Crippen molar-refractivity contribution in [2.45, 2.75) is 6.92 Å². The van der Waals surface area contributed by atoms with Crippen LogP contribution in [0.25, 0.3) is 0 Å². The van der Waals surface area contributed by atoms with Gasteiger partial charge in [0.05, 0.1) is 12.1 Å². The maximum atomic E-state index is 12.4. The minimum absolute atomic E-state index is 0.000683. The lowest BCUT2D eigenvalue weighted by molar-refractivity contribution is -0.116. The average molecular weight is 487 g/mol. The highest BCUT2D eigenvalue weighted by atomic mass is 127. The maximum absolute atomic E-state index is 12.4. The van der Waals surface area contributed by atoms with Crippen LogP contribution in [-0.2, 0) is 4.79 Å². The first-order valence-corrected chi connectivity index (χ1v) is 8.81. The molecular formula is C17H16BrIN2O2. The summed E-state index contributed by atoms with van der Waals surface area (Å²) in [4.78, 5) is 26.0. The van der Waals surface area contributed by atoms with Crippen LogP contribution in [-0.4, -0.2) is 30.3 Å². The summed E-state index contributed by atoms with van der Waals surface area (Å²) in [7, 11) is 1.62. The van der Waals surface area contributed by atoms with Crippen molar-refractivity contribution < 1.29 is 9.59 Å². The number of carbonyl (C=O) groups excluding carboxylic acids is 2. The molecule has 23 heavy (non-hydrogen) atoms.